The number of aromatic nitrogens is 1. The summed E-state index contributed by atoms with van der Waals surface area (Å²) in [6.07, 6.45) is 2.05. The molecule has 2 N–H and O–H groups in total. The predicted octanol–water partition coefficient (Wildman–Crippen LogP) is 4.29. The van der Waals surface area contributed by atoms with Crippen molar-refractivity contribution in [1.82, 2.24) is 19.9 Å². The highest BCUT2D eigenvalue weighted by Crippen LogP contribution is 2.32. The number of para-hydroxylation sites is 1. The number of fused-ring (bicyclic) bond motifs is 1. The molecule has 1 aromatic carbocycles. The molecule has 1 heterocycles. The molecule has 42 heavy (non-hydrogen) atoms. The van der Waals surface area contributed by atoms with E-state index in [-0.39, 0.29) is 29.3 Å². The molecule has 0 spiro atoms. The molecule has 10 nitrogen and oxygen atoms in total. The number of sulfonamides is 1. The van der Waals surface area contributed by atoms with Gasteiger partial charge in [0.1, 0.15) is 22.6 Å². The van der Waals surface area contributed by atoms with Crippen LogP contribution >= 0.6 is 0 Å². The summed E-state index contributed by atoms with van der Waals surface area (Å²) in [4.78, 5) is 45.2. The molecule has 2 amide bonds. The zero-order chi connectivity index (χ0) is 32.0. The van der Waals surface area contributed by atoms with Crippen LogP contribution in [-0.2, 0) is 29.1 Å². The van der Waals surface area contributed by atoms with E-state index in [0.29, 0.717) is 11.8 Å². The lowest BCUT2D eigenvalue weighted by Crippen LogP contribution is -2.59. The number of carbonyl (C=O) groups is 3. The number of carbonyl (C=O) groups excluding carboxylic acids is 3. The van der Waals surface area contributed by atoms with Crippen LogP contribution in [0.2, 0.25) is 0 Å². The second-order valence-corrected chi connectivity index (χ2v) is 14.9. The molecular weight excluding hydrogens is 556 g/mol. The summed E-state index contributed by atoms with van der Waals surface area (Å²) >= 11 is 0. The van der Waals surface area contributed by atoms with Gasteiger partial charge in [0.25, 0.3) is 0 Å². The number of rotatable bonds is 12. The van der Waals surface area contributed by atoms with Crippen molar-refractivity contribution in [3.05, 3.63) is 36.5 Å². The van der Waals surface area contributed by atoms with Gasteiger partial charge in [-0.25, -0.2) is 8.42 Å². The number of nitrogens with zero attached hydrogens (tertiary/aromatic N) is 2. The topological polar surface area (TPSA) is 135 Å². The van der Waals surface area contributed by atoms with Gasteiger partial charge in [0, 0.05) is 25.2 Å². The van der Waals surface area contributed by atoms with E-state index in [1.165, 1.54) is 19.3 Å². The fourth-order valence-electron chi connectivity index (χ4n) is 4.84. The minimum atomic E-state index is -4.37. The third-order valence-electron chi connectivity index (χ3n) is 6.69. The Kier molecular flexibility index (Phi) is 11.7. The average molecular weight is 605 g/mol. The summed E-state index contributed by atoms with van der Waals surface area (Å²) in [5, 5.41) is 6.05. The number of amides is 2. The molecule has 0 aliphatic carbocycles. The molecule has 0 saturated heterocycles. The van der Waals surface area contributed by atoms with Crippen LogP contribution in [0.15, 0.2) is 41.4 Å². The minimum absolute atomic E-state index is 0.0461. The Morgan fingerprint density at radius 3 is 2.14 bits per heavy atom. The van der Waals surface area contributed by atoms with Crippen molar-refractivity contribution < 1.29 is 27.5 Å². The van der Waals surface area contributed by atoms with Crippen LogP contribution in [0.25, 0.3) is 10.9 Å². The number of ether oxygens (including phenoxy) is 1. The van der Waals surface area contributed by atoms with Crippen LogP contribution in [0.3, 0.4) is 0 Å². The van der Waals surface area contributed by atoms with Crippen LogP contribution in [0.4, 0.5) is 0 Å². The second-order valence-electron chi connectivity index (χ2n) is 13.1. The molecule has 0 unspecified atom stereocenters. The van der Waals surface area contributed by atoms with Gasteiger partial charge in [-0.1, -0.05) is 59.7 Å². The first-order valence-corrected chi connectivity index (χ1v) is 15.9. The Balaban J connectivity index is 2.81. The fourth-order valence-corrected chi connectivity index (χ4v) is 6.71. The molecule has 3 atom stereocenters. The SMILES string of the molecule is CCCN([C@H](C(=O)OC(C)(C)C)[C@@H](CC(C)C)C(=O)N[C@H](C(=O)NC)C(C)(C)C)S(=O)(=O)c1cccc2cccnc12. The molecule has 1 aromatic heterocycles. The van der Waals surface area contributed by atoms with E-state index in [0.717, 1.165) is 4.31 Å². The zero-order valence-corrected chi connectivity index (χ0v) is 27.5. The van der Waals surface area contributed by atoms with Crippen molar-refractivity contribution in [1.29, 1.82) is 0 Å². The van der Waals surface area contributed by atoms with Gasteiger partial charge >= 0.3 is 5.97 Å². The molecule has 0 fully saturated rings. The predicted molar refractivity (Wildman–Crippen MR) is 164 cm³/mol. The Morgan fingerprint density at radius 2 is 1.62 bits per heavy atom. The van der Waals surface area contributed by atoms with Crippen LogP contribution in [0.5, 0.6) is 0 Å². The minimum Gasteiger partial charge on any atom is -0.459 e. The lowest BCUT2D eigenvalue weighted by atomic mass is 9.84. The summed E-state index contributed by atoms with van der Waals surface area (Å²) in [5.74, 6) is -3.08. The first-order chi connectivity index (χ1) is 19.3. The normalized spacial score (nSPS) is 14.9. The third-order valence-corrected chi connectivity index (χ3v) is 8.60. The standard InChI is InChI=1S/C31H48N4O6S/c1-11-18-35(42(39,40)23-16-12-14-21-15-13-17-33-24(21)23)25(29(38)41-31(7,8)9)22(19-20(2)3)27(36)34-26(28(37)32-10)30(4,5)6/h12-17,20,22,25-26H,11,18-19H2,1-10H3,(H,32,37)(H,34,36)/t22-,25+,26-/m1/s1. The first-order valence-electron chi connectivity index (χ1n) is 14.5. The van der Waals surface area contributed by atoms with Crippen LogP contribution in [0, 0.1) is 17.3 Å². The van der Waals surface area contributed by atoms with Crippen molar-refractivity contribution in [2.75, 3.05) is 13.6 Å². The highest BCUT2D eigenvalue weighted by Gasteiger charge is 2.47. The van der Waals surface area contributed by atoms with Gasteiger partial charge in [0.05, 0.1) is 11.4 Å². The summed E-state index contributed by atoms with van der Waals surface area (Å²) in [6.45, 7) is 16.0. The fraction of sp³-hybridized carbons (Fsp3) is 0.613. The Morgan fingerprint density at radius 1 is 1.00 bits per heavy atom. The lowest BCUT2D eigenvalue weighted by Gasteiger charge is -2.38. The number of benzene rings is 1. The average Bonchev–Trinajstić information content (AvgIpc) is 2.87. The number of hydrogen-bond acceptors (Lipinski definition) is 7. The Bertz CT molecular complexity index is 1360. The van der Waals surface area contributed by atoms with E-state index in [9.17, 15) is 22.8 Å². The highest BCUT2D eigenvalue weighted by molar-refractivity contribution is 7.89. The number of hydrogen-bond donors (Lipinski definition) is 2. The van der Waals surface area contributed by atoms with Crippen molar-refractivity contribution in [3.8, 4) is 0 Å². The van der Waals surface area contributed by atoms with Crippen molar-refractivity contribution in [2.24, 2.45) is 17.3 Å². The Labute approximate surface area is 251 Å². The van der Waals surface area contributed by atoms with Gasteiger partial charge in [-0.3, -0.25) is 19.4 Å². The molecule has 11 heteroatoms. The third kappa shape index (κ3) is 8.73. The number of likely N-dealkylation sites (N-methyl/N-ethyl adjacent to an activating group) is 1. The van der Waals surface area contributed by atoms with Gasteiger partial charge in [-0.05, 0) is 57.1 Å². The van der Waals surface area contributed by atoms with Gasteiger partial charge in [0.15, 0.2) is 0 Å². The van der Waals surface area contributed by atoms with Gasteiger partial charge in [0.2, 0.25) is 21.8 Å². The molecule has 0 radical (unpaired) electrons. The largest absolute Gasteiger partial charge is 0.459 e. The van der Waals surface area contributed by atoms with E-state index in [1.54, 1.807) is 52.0 Å². The lowest BCUT2D eigenvalue weighted by molar-refractivity contribution is -0.163. The maximum absolute atomic E-state index is 14.5. The molecule has 234 valence electrons. The molecular formula is C31H48N4O6S. The van der Waals surface area contributed by atoms with Crippen LogP contribution < -0.4 is 10.6 Å². The highest BCUT2D eigenvalue weighted by atomic mass is 32.2. The monoisotopic (exact) mass is 604 g/mol. The molecule has 0 saturated carbocycles. The van der Waals surface area contributed by atoms with Crippen molar-refractivity contribution in [3.63, 3.8) is 0 Å². The number of esters is 1. The number of nitrogens with one attached hydrogen (secondary N) is 2. The van der Waals surface area contributed by atoms with Crippen LogP contribution in [-0.4, -0.2) is 66.8 Å². The van der Waals surface area contributed by atoms with Gasteiger partial charge in [-0.2, -0.15) is 4.31 Å². The van der Waals surface area contributed by atoms with E-state index in [1.807, 2.05) is 34.6 Å². The molecule has 0 aliphatic heterocycles. The van der Waals surface area contributed by atoms with Crippen LogP contribution in [0.1, 0.15) is 75.2 Å². The summed E-state index contributed by atoms with van der Waals surface area (Å²) in [5.41, 5.74) is -1.35. The maximum atomic E-state index is 14.5. The number of pyridine rings is 1. The van der Waals surface area contributed by atoms with Crippen molar-refractivity contribution >= 4 is 38.7 Å². The summed E-state index contributed by atoms with van der Waals surface area (Å²) in [7, 11) is -2.89. The summed E-state index contributed by atoms with van der Waals surface area (Å²) < 4.78 is 35.8. The smallest absolute Gasteiger partial charge is 0.325 e. The Hall–Kier alpha value is -3.05. The first kappa shape index (κ1) is 35.1. The molecule has 0 bridgehead atoms. The quantitative estimate of drug-likeness (QED) is 0.345. The van der Waals surface area contributed by atoms with Gasteiger partial charge in [-0.15, -0.1) is 0 Å². The molecule has 0 aliphatic rings. The van der Waals surface area contributed by atoms with E-state index in [2.05, 4.69) is 15.6 Å². The summed E-state index contributed by atoms with van der Waals surface area (Å²) in [6, 6.07) is 5.89. The van der Waals surface area contributed by atoms with E-state index < -0.39 is 56.8 Å². The second kappa shape index (κ2) is 13.9. The maximum Gasteiger partial charge on any atom is 0.325 e. The van der Waals surface area contributed by atoms with Gasteiger partial charge < -0.3 is 15.4 Å². The molecule has 2 aromatic rings. The van der Waals surface area contributed by atoms with E-state index in [4.69, 9.17) is 4.74 Å². The molecule has 2 rings (SSSR count). The van der Waals surface area contributed by atoms with E-state index >= 15 is 0 Å². The zero-order valence-electron chi connectivity index (χ0n) is 26.6. The van der Waals surface area contributed by atoms with Crippen molar-refractivity contribution in [2.45, 2.75) is 97.7 Å².